The van der Waals surface area contributed by atoms with E-state index in [1.54, 1.807) is 30.3 Å². The Morgan fingerprint density at radius 3 is 2.65 bits per heavy atom. The van der Waals surface area contributed by atoms with Gasteiger partial charge in [0.05, 0.1) is 35.1 Å². The molecule has 4 N–H and O–H groups in total. The quantitative estimate of drug-likeness (QED) is 0.328. The summed E-state index contributed by atoms with van der Waals surface area (Å²) in [4.78, 5) is 39.8. The monoisotopic (exact) mass is 504 g/mol. The van der Waals surface area contributed by atoms with Crippen molar-refractivity contribution in [3.63, 3.8) is 0 Å². The van der Waals surface area contributed by atoms with Crippen LogP contribution in [0.4, 0.5) is 5.69 Å². The minimum absolute atomic E-state index is 0.0350. The number of anilines is 1. The lowest BCUT2D eigenvalue weighted by molar-refractivity contribution is -0.120. The minimum atomic E-state index is -1.16. The van der Waals surface area contributed by atoms with Gasteiger partial charge in [0.1, 0.15) is 0 Å². The van der Waals surface area contributed by atoms with Gasteiger partial charge in [0.2, 0.25) is 17.7 Å². The number of oxazole rings is 1. The van der Waals surface area contributed by atoms with Gasteiger partial charge >= 0.3 is 5.97 Å². The largest absolute Gasteiger partial charge is 0.478 e. The third-order valence-electron chi connectivity index (χ3n) is 4.79. The molecule has 0 bridgehead atoms. The van der Waals surface area contributed by atoms with Crippen molar-refractivity contribution in [1.29, 1.82) is 0 Å². The van der Waals surface area contributed by atoms with Gasteiger partial charge in [-0.2, -0.15) is 0 Å². The second-order valence-corrected chi connectivity index (χ2v) is 8.13. The highest BCUT2D eigenvalue weighted by Gasteiger charge is 2.21. The Bertz CT molecular complexity index is 1200. The van der Waals surface area contributed by atoms with Crippen LogP contribution in [-0.2, 0) is 16.1 Å². The number of nitrogens with one attached hydrogen (secondary N) is 3. The Kier molecular flexibility index (Phi) is 8.64. The van der Waals surface area contributed by atoms with Crippen molar-refractivity contribution in [3.8, 4) is 11.3 Å². The first-order valence-corrected chi connectivity index (χ1v) is 11.0. The number of carboxylic acids is 1. The van der Waals surface area contributed by atoms with Crippen LogP contribution in [-0.4, -0.2) is 40.5 Å². The number of amides is 2. The number of hydrogen-bond donors (Lipinski definition) is 4. The molecule has 178 valence electrons. The SMILES string of the molecule is CC(=O)NCCC(NCc1ncc(-c2cc(Cl)ccc2Cl)o1)C(=O)Nc1ccccc1C(=O)O. The van der Waals surface area contributed by atoms with Crippen molar-refractivity contribution in [3.05, 3.63) is 70.2 Å². The van der Waals surface area contributed by atoms with Crippen LogP contribution in [0.25, 0.3) is 11.3 Å². The van der Waals surface area contributed by atoms with Crippen LogP contribution in [0.3, 0.4) is 0 Å². The fourth-order valence-corrected chi connectivity index (χ4v) is 3.51. The number of carboxylic acid groups (broad SMARTS) is 1. The Balaban J connectivity index is 1.72. The van der Waals surface area contributed by atoms with Crippen molar-refractivity contribution in [2.75, 3.05) is 11.9 Å². The van der Waals surface area contributed by atoms with Crippen LogP contribution in [0.1, 0.15) is 29.6 Å². The van der Waals surface area contributed by atoms with E-state index < -0.39 is 17.9 Å². The van der Waals surface area contributed by atoms with E-state index in [1.165, 1.54) is 25.3 Å². The first-order chi connectivity index (χ1) is 16.2. The van der Waals surface area contributed by atoms with Gasteiger partial charge in [0.25, 0.3) is 0 Å². The Labute approximate surface area is 205 Å². The molecule has 0 spiro atoms. The van der Waals surface area contributed by atoms with E-state index in [4.69, 9.17) is 27.6 Å². The Morgan fingerprint density at radius 2 is 1.91 bits per heavy atom. The maximum atomic E-state index is 12.9. The second-order valence-electron chi connectivity index (χ2n) is 7.29. The summed E-state index contributed by atoms with van der Waals surface area (Å²) in [5.74, 6) is -1.14. The van der Waals surface area contributed by atoms with Gasteiger partial charge in [-0.25, -0.2) is 9.78 Å². The molecule has 0 aliphatic carbocycles. The minimum Gasteiger partial charge on any atom is -0.478 e. The van der Waals surface area contributed by atoms with Crippen LogP contribution in [0.2, 0.25) is 10.0 Å². The molecule has 0 aliphatic heterocycles. The standard InChI is InChI=1S/C23H22Cl2N4O5/c1-13(30)26-9-8-19(22(31)29-18-5-3-2-4-15(18)23(32)33)27-12-21-28-11-20(34-21)16-10-14(24)6-7-17(16)25/h2-7,10-11,19,27H,8-9,12H2,1H3,(H,26,30)(H,29,31)(H,32,33). The number of para-hydroxylation sites is 1. The molecular weight excluding hydrogens is 483 g/mol. The summed E-state index contributed by atoms with van der Waals surface area (Å²) < 4.78 is 5.75. The number of benzene rings is 2. The highest BCUT2D eigenvalue weighted by molar-refractivity contribution is 6.35. The molecule has 0 fully saturated rings. The number of aromatic nitrogens is 1. The molecule has 1 heterocycles. The molecule has 9 nitrogen and oxygen atoms in total. The fourth-order valence-electron chi connectivity index (χ4n) is 3.13. The third-order valence-corrected chi connectivity index (χ3v) is 5.35. The van der Waals surface area contributed by atoms with E-state index in [2.05, 4.69) is 20.9 Å². The van der Waals surface area contributed by atoms with Crippen LogP contribution < -0.4 is 16.0 Å². The molecule has 11 heteroatoms. The van der Waals surface area contributed by atoms with Gasteiger partial charge in [-0.15, -0.1) is 0 Å². The lowest BCUT2D eigenvalue weighted by Gasteiger charge is -2.18. The first-order valence-electron chi connectivity index (χ1n) is 10.3. The molecule has 0 radical (unpaired) electrons. The van der Waals surface area contributed by atoms with Gasteiger partial charge < -0.3 is 20.2 Å². The summed E-state index contributed by atoms with van der Waals surface area (Å²) in [6, 6.07) is 10.3. The fraction of sp³-hybridized carbons (Fsp3) is 0.217. The molecule has 2 amide bonds. The highest BCUT2D eigenvalue weighted by atomic mass is 35.5. The summed E-state index contributed by atoms with van der Waals surface area (Å²) in [6.07, 6.45) is 1.75. The number of nitrogens with zero attached hydrogens (tertiary/aromatic N) is 1. The lowest BCUT2D eigenvalue weighted by Crippen LogP contribution is -2.42. The van der Waals surface area contributed by atoms with Gasteiger partial charge in [-0.1, -0.05) is 35.3 Å². The van der Waals surface area contributed by atoms with Crippen LogP contribution in [0, 0.1) is 0 Å². The van der Waals surface area contributed by atoms with E-state index in [-0.39, 0.29) is 36.7 Å². The summed E-state index contributed by atoms with van der Waals surface area (Å²) >= 11 is 12.2. The zero-order chi connectivity index (χ0) is 24.7. The predicted molar refractivity (Wildman–Crippen MR) is 128 cm³/mol. The maximum Gasteiger partial charge on any atom is 0.337 e. The Morgan fingerprint density at radius 1 is 1.15 bits per heavy atom. The molecule has 0 aliphatic rings. The van der Waals surface area contributed by atoms with Crippen molar-refractivity contribution in [2.24, 2.45) is 0 Å². The smallest absolute Gasteiger partial charge is 0.337 e. The molecule has 1 atom stereocenters. The lowest BCUT2D eigenvalue weighted by atomic mass is 10.1. The zero-order valence-corrected chi connectivity index (χ0v) is 19.6. The molecule has 1 aromatic heterocycles. The third kappa shape index (κ3) is 6.80. The van der Waals surface area contributed by atoms with E-state index >= 15 is 0 Å². The van der Waals surface area contributed by atoms with Gasteiger partial charge in [-0.3, -0.25) is 14.9 Å². The maximum absolute atomic E-state index is 12.9. The second kappa shape index (κ2) is 11.6. The zero-order valence-electron chi connectivity index (χ0n) is 18.1. The molecule has 3 rings (SSSR count). The summed E-state index contributed by atoms with van der Waals surface area (Å²) in [6.45, 7) is 1.70. The van der Waals surface area contributed by atoms with Crippen LogP contribution in [0.15, 0.2) is 53.1 Å². The van der Waals surface area contributed by atoms with Gasteiger partial charge in [-0.05, 0) is 36.8 Å². The highest BCUT2D eigenvalue weighted by Crippen LogP contribution is 2.31. The number of aromatic carboxylic acids is 1. The normalized spacial score (nSPS) is 11.6. The van der Waals surface area contributed by atoms with Crippen molar-refractivity contribution >= 4 is 46.7 Å². The molecule has 3 aromatic rings. The Hall–Kier alpha value is -3.40. The summed E-state index contributed by atoms with van der Waals surface area (Å²) in [5.41, 5.74) is 0.714. The van der Waals surface area contributed by atoms with Crippen molar-refractivity contribution in [1.82, 2.24) is 15.6 Å². The van der Waals surface area contributed by atoms with E-state index in [0.29, 0.717) is 27.3 Å². The average Bonchev–Trinajstić information content (AvgIpc) is 3.26. The average molecular weight is 505 g/mol. The van der Waals surface area contributed by atoms with Gasteiger partial charge in [0, 0.05) is 24.1 Å². The molecule has 0 saturated heterocycles. The first kappa shape index (κ1) is 25.2. The topological polar surface area (TPSA) is 134 Å². The molecule has 2 aromatic carbocycles. The number of halogens is 2. The number of hydrogen-bond acceptors (Lipinski definition) is 6. The predicted octanol–water partition coefficient (Wildman–Crippen LogP) is 3.97. The summed E-state index contributed by atoms with van der Waals surface area (Å²) in [7, 11) is 0. The molecule has 34 heavy (non-hydrogen) atoms. The van der Waals surface area contributed by atoms with Crippen molar-refractivity contribution < 1.29 is 23.9 Å². The van der Waals surface area contributed by atoms with E-state index in [0.717, 1.165) is 0 Å². The molecule has 1 unspecified atom stereocenters. The molecular formula is C23H22Cl2N4O5. The summed E-state index contributed by atoms with van der Waals surface area (Å²) in [5, 5.41) is 18.6. The van der Waals surface area contributed by atoms with Gasteiger partial charge in [0.15, 0.2) is 5.76 Å². The van der Waals surface area contributed by atoms with Crippen molar-refractivity contribution in [2.45, 2.75) is 25.9 Å². The van der Waals surface area contributed by atoms with Crippen LogP contribution >= 0.6 is 23.2 Å². The van der Waals surface area contributed by atoms with E-state index in [9.17, 15) is 19.5 Å². The van der Waals surface area contributed by atoms with Crippen LogP contribution in [0.5, 0.6) is 0 Å². The number of carbonyl (C=O) groups excluding carboxylic acids is 2. The number of carbonyl (C=O) groups is 3. The van der Waals surface area contributed by atoms with E-state index in [1.807, 2.05) is 0 Å². The number of rotatable bonds is 10. The molecule has 0 saturated carbocycles.